The number of nitrogens with zero attached hydrogens (tertiary/aromatic N) is 2. The van der Waals surface area contributed by atoms with Gasteiger partial charge in [0.25, 0.3) is 5.91 Å². The van der Waals surface area contributed by atoms with Gasteiger partial charge in [-0.1, -0.05) is 12.1 Å². The van der Waals surface area contributed by atoms with Crippen molar-refractivity contribution in [3.05, 3.63) is 24.3 Å². The number of fused-ring (bicyclic) bond motifs is 1. The molecule has 7 nitrogen and oxygen atoms in total. The van der Waals surface area contributed by atoms with E-state index >= 15 is 0 Å². The Kier molecular flexibility index (Phi) is 5.32. The summed E-state index contributed by atoms with van der Waals surface area (Å²) in [5.41, 5.74) is 0.728. The number of carbonyl (C=O) groups is 2. The average molecular weight is 333 g/mol. The third-order valence-electron chi connectivity index (χ3n) is 4.33. The van der Waals surface area contributed by atoms with Crippen LogP contribution in [0.5, 0.6) is 5.75 Å². The number of hydrogen-bond acceptors (Lipinski definition) is 5. The molecule has 24 heavy (non-hydrogen) atoms. The van der Waals surface area contributed by atoms with Crippen LogP contribution in [0.3, 0.4) is 0 Å². The summed E-state index contributed by atoms with van der Waals surface area (Å²) in [7, 11) is 1.70. The van der Waals surface area contributed by atoms with E-state index in [1.165, 1.54) is 0 Å². The Bertz CT molecular complexity index is 601. The van der Waals surface area contributed by atoms with Crippen LogP contribution < -0.4 is 15.0 Å². The minimum absolute atomic E-state index is 0.0284. The summed E-state index contributed by atoms with van der Waals surface area (Å²) < 4.78 is 11.0. The zero-order valence-corrected chi connectivity index (χ0v) is 13.9. The second kappa shape index (κ2) is 7.63. The second-order valence-electron chi connectivity index (χ2n) is 5.98. The topological polar surface area (TPSA) is 71.1 Å². The van der Waals surface area contributed by atoms with E-state index in [-0.39, 0.29) is 18.2 Å². The predicted molar refractivity (Wildman–Crippen MR) is 89.2 cm³/mol. The lowest BCUT2D eigenvalue weighted by molar-refractivity contribution is -0.132. The van der Waals surface area contributed by atoms with Gasteiger partial charge < -0.3 is 19.7 Å². The molecule has 1 unspecified atom stereocenters. The van der Waals surface area contributed by atoms with E-state index in [0.29, 0.717) is 12.3 Å². The zero-order chi connectivity index (χ0) is 16.9. The maximum Gasteiger partial charge on any atom is 0.268 e. The Balaban J connectivity index is 1.48. The molecule has 2 heterocycles. The molecule has 3 rings (SSSR count). The number of carbonyl (C=O) groups excluding carboxylic acids is 2. The highest BCUT2D eigenvalue weighted by molar-refractivity contribution is 6.01. The first kappa shape index (κ1) is 16.7. The van der Waals surface area contributed by atoms with Gasteiger partial charge in [-0.2, -0.15) is 0 Å². The van der Waals surface area contributed by atoms with Crippen molar-refractivity contribution in [2.45, 2.75) is 12.5 Å². The summed E-state index contributed by atoms with van der Waals surface area (Å²) in [5.74, 6) is 0.261. The standard InChI is InChI=1S/C17H23N3O4/c1-19-13-4-2-3-5-14(13)24-15(17(19)22)12-16(21)18-6-7-20-8-10-23-11-9-20/h2-5,15H,6-12H2,1H3,(H,18,21). The van der Waals surface area contributed by atoms with Gasteiger partial charge in [-0.05, 0) is 12.1 Å². The number of amides is 2. The highest BCUT2D eigenvalue weighted by Gasteiger charge is 2.33. The quantitative estimate of drug-likeness (QED) is 0.836. The van der Waals surface area contributed by atoms with Crippen molar-refractivity contribution in [3.8, 4) is 5.75 Å². The number of benzene rings is 1. The van der Waals surface area contributed by atoms with Crippen molar-refractivity contribution in [3.63, 3.8) is 0 Å². The molecule has 1 aromatic rings. The molecule has 1 atom stereocenters. The summed E-state index contributed by atoms with van der Waals surface area (Å²) in [4.78, 5) is 28.2. The maximum atomic E-state index is 12.3. The third kappa shape index (κ3) is 3.85. The number of hydrogen-bond donors (Lipinski definition) is 1. The molecule has 0 spiro atoms. The van der Waals surface area contributed by atoms with Gasteiger partial charge in [0, 0.05) is 33.2 Å². The van der Waals surface area contributed by atoms with Crippen molar-refractivity contribution in [1.29, 1.82) is 0 Å². The molecule has 1 fully saturated rings. The van der Waals surface area contributed by atoms with Crippen LogP contribution in [0, 0.1) is 0 Å². The highest BCUT2D eigenvalue weighted by atomic mass is 16.5. The molecule has 1 N–H and O–H groups in total. The van der Waals surface area contributed by atoms with Gasteiger partial charge in [0.15, 0.2) is 6.10 Å². The molecule has 0 bridgehead atoms. The van der Waals surface area contributed by atoms with E-state index in [1.54, 1.807) is 11.9 Å². The molecular weight excluding hydrogens is 310 g/mol. The summed E-state index contributed by atoms with van der Waals surface area (Å²) in [6, 6.07) is 7.33. The lowest BCUT2D eigenvalue weighted by Gasteiger charge is -2.31. The molecule has 7 heteroatoms. The van der Waals surface area contributed by atoms with E-state index in [9.17, 15) is 9.59 Å². The van der Waals surface area contributed by atoms with Crippen molar-refractivity contribution >= 4 is 17.5 Å². The minimum Gasteiger partial charge on any atom is -0.478 e. The fourth-order valence-corrected chi connectivity index (χ4v) is 2.92. The van der Waals surface area contributed by atoms with Gasteiger partial charge in [-0.25, -0.2) is 0 Å². The van der Waals surface area contributed by atoms with Gasteiger partial charge >= 0.3 is 0 Å². The van der Waals surface area contributed by atoms with Gasteiger partial charge in [-0.3, -0.25) is 14.5 Å². The predicted octanol–water partition coefficient (Wildman–Crippen LogP) is 0.249. The smallest absolute Gasteiger partial charge is 0.268 e. The monoisotopic (exact) mass is 333 g/mol. The first-order chi connectivity index (χ1) is 11.6. The number of para-hydroxylation sites is 2. The Morgan fingerprint density at radius 1 is 1.29 bits per heavy atom. The van der Waals surface area contributed by atoms with Crippen LogP contribution in [0.4, 0.5) is 5.69 Å². The summed E-state index contributed by atoms with van der Waals surface area (Å²) >= 11 is 0. The number of ether oxygens (including phenoxy) is 2. The maximum absolute atomic E-state index is 12.3. The number of rotatable bonds is 5. The van der Waals surface area contributed by atoms with Gasteiger partial charge in [0.05, 0.1) is 25.3 Å². The molecule has 0 radical (unpaired) electrons. The van der Waals surface area contributed by atoms with Crippen LogP contribution in [-0.2, 0) is 14.3 Å². The number of anilines is 1. The van der Waals surface area contributed by atoms with Gasteiger partial charge in [0.1, 0.15) is 5.75 Å². The number of morpholine rings is 1. The van der Waals surface area contributed by atoms with Crippen LogP contribution in [0.25, 0.3) is 0 Å². The van der Waals surface area contributed by atoms with Crippen molar-refractivity contribution in [1.82, 2.24) is 10.2 Å². The normalized spacial score (nSPS) is 21.1. The fourth-order valence-electron chi connectivity index (χ4n) is 2.92. The number of likely N-dealkylation sites (N-methyl/N-ethyl adjacent to an activating group) is 1. The van der Waals surface area contributed by atoms with E-state index in [0.717, 1.165) is 38.5 Å². The summed E-state index contributed by atoms with van der Waals surface area (Å²) in [6.07, 6.45) is -0.742. The molecule has 0 saturated carbocycles. The first-order valence-electron chi connectivity index (χ1n) is 8.25. The van der Waals surface area contributed by atoms with Crippen LogP contribution in [0.1, 0.15) is 6.42 Å². The molecule has 2 aliphatic rings. The Hall–Kier alpha value is -2.12. The molecule has 1 saturated heterocycles. The van der Waals surface area contributed by atoms with E-state index in [1.807, 2.05) is 24.3 Å². The molecule has 2 amide bonds. The van der Waals surface area contributed by atoms with Crippen molar-refractivity contribution in [2.24, 2.45) is 0 Å². The van der Waals surface area contributed by atoms with Crippen LogP contribution in [-0.4, -0.2) is 69.3 Å². The molecule has 0 aliphatic carbocycles. The van der Waals surface area contributed by atoms with E-state index in [4.69, 9.17) is 9.47 Å². The number of nitrogens with one attached hydrogen (secondary N) is 1. The minimum atomic E-state index is -0.770. The average Bonchev–Trinajstić information content (AvgIpc) is 2.60. The second-order valence-corrected chi connectivity index (χ2v) is 5.98. The lowest BCUT2D eigenvalue weighted by atomic mass is 10.1. The Morgan fingerprint density at radius 3 is 2.83 bits per heavy atom. The first-order valence-corrected chi connectivity index (χ1v) is 8.25. The molecule has 130 valence electrons. The Labute approximate surface area is 141 Å². The third-order valence-corrected chi connectivity index (χ3v) is 4.33. The molecule has 0 aromatic heterocycles. The van der Waals surface area contributed by atoms with Crippen LogP contribution >= 0.6 is 0 Å². The highest BCUT2D eigenvalue weighted by Crippen LogP contribution is 2.33. The van der Waals surface area contributed by atoms with E-state index in [2.05, 4.69) is 10.2 Å². The Morgan fingerprint density at radius 2 is 2.04 bits per heavy atom. The van der Waals surface area contributed by atoms with Crippen LogP contribution in [0.15, 0.2) is 24.3 Å². The molecular formula is C17H23N3O4. The van der Waals surface area contributed by atoms with Gasteiger partial charge in [0.2, 0.25) is 5.91 Å². The zero-order valence-electron chi connectivity index (χ0n) is 13.9. The van der Waals surface area contributed by atoms with Gasteiger partial charge in [-0.15, -0.1) is 0 Å². The van der Waals surface area contributed by atoms with Crippen molar-refractivity contribution < 1.29 is 19.1 Å². The SMILES string of the molecule is CN1C(=O)C(CC(=O)NCCN2CCOCC2)Oc2ccccc21. The molecule has 1 aromatic carbocycles. The summed E-state index contributed by atoms with van der Waals surface area (Å²) in [6.45, 7) is 4.61. The lowest BCUT2D eigenvalue weighted by Crippen LogP contribution is -2.47. The molecule has 2 aliphatic heterocycles. The summed E-state index contributed by atoms with van der Waals surface area (Å²) in [5, 5.41) is 2.86. The van der Waals surface area contributed by atoms with E-state index < -0.39 is 6.10 Å². The van der Waals surface area contributed by atoms with Crippen molar-refractivity contribution in [2.75, 3.05) is 51.3 Å². The van der Waals surface area contributed by atoms with Crippen LogP contribution in [0.2, 0.25) is 0 Å². The largest absolute Gasteiger partial charge is 0.478 e. The fraction of sp³-hybridized carbons (Fsp3) is 0.529.